The van der Waals surface area contributed by atoms with Gasteiger partial charge in [-0.25, -0.2) is 0 Å². The van der Waals surface area contributed by atoms with E-state index >= 15 is 0 Å². The summed E-state index contributed by atoms with van der Waals surface area (Å²) in [4.78, 5) is 13.4. The monoisotopic (exact) mass is 244 g/mol. The summed E-state index contributed by atoms with van der Waals surface area (Å²) >= 11 is 0. The molecule has 0 radical (unpaired) electrons. The number of ether oxygens (including phenoxy) is 1. The molecule has 100 valence electrons. The lowest BCUT2D eigenvalue weighted by molar-refractivity contribution is -0.141. The zero-order valence-corrected chi connectivity index (χ0v) is 10.6. The van der Waals surface area contributed by atoms with Crippen LogP contribution in [0, 0.1) is 0 Å². The van der Waals surface area contributed by atoms with Crippen LogP contribution in [0.15, 0.2) is 0 Å². The summed E-state index contributed by atoms with van der Waals surface area (Å²) in [5, 5.41) is 10.0. The molecule has 3 N–H and O–H groups in total. The lowest BCUT2D eigenvalue weighted by Gasteiger charge is -2.22. The minimum Gasteiger partial charge on any atom is -0.468 e. The Labute approximate surface area is 103 Å². The zero-order valence-electron chi connectivity index (χ0n) is 10.6. The van der Waals surface area contributed by atoms with E-state index in [-0.39, 0.29) is 5.97 Å². The number of hydrogen-bond acceptors (Lipinski definition) is 6. The summed E-state index contributed by atoms with van der Waals surface area (Å²) in [6.07, 6.45) is 0. The van der Waals surface area contributed by atoms with Gasteiger partial charge in [0.2, 0.25) is 0 Å². The maximum Gasteiger partial charge on any atom is 0.319 e. The normalized spacial score (nSPS) is 21.2. The molecule has 17 heavy (non-hydrogen) atoms. The van der Waals surface area contributed by atoms with Gasteiger partial charge in [-0.05, 0) is 0 Å². The van der Waals surface area contributed by atoms with Crippen LogP contribution < -0.4 is 16.0 Å². The molecule has 1 rings (SSSR count). The summed E-state index contributed by atoms with van der Waals surface area (Å²) < 4.78 is 4.69. The van der Waals surface area contributed by atoms with Crippen molar-refractivity contribution in [2.45, 2.75) is 0 Å². The van der Waals surface area contributed by atoms with Crippen molar-refractivity contribution in [3.63, 3.8) is 0 Å². The second-order valence-electron chi connectivity index (χ2n) is 4.10. The van der Waals surface area contributed by atoms with Gasteiger partial charge in [0.25, 0.3) is 0 Å². The van der Waals surface area contributed by atoms with Crippen LogP contribution in [0.4, 0.5) is 0 Å². The Kier molecular flexibility index (Phi) is 7.91. The molecule has 1 heterocycles. The summed E-state index contributed by atoms with van der Waals surface area (Å²) in [6, 6.07) is 0. The van der Waals surface area contributed by atoms with Crippen molar-refractivity contribution in [3.8, 4) is 0 Å². The van der Waals surface area contributed by atoms with Crippen molar-refractivity contribution in [2.75, 3.05) is 66.0 Å². The number of hydrogen-bond donors (Lipinski definition) is 3. The summed E-state index contributed by atoms with van der Waals surface area (Å²) in [6.45, 7) is 7.82. The highest BCUT2D eigenvalue weighted by Gasteiger charge is 2.10. The Morgan fingerprint density at radius 2 is 1.47 bits per heavy atom. The smallest absolute Gasteiger partial charge is 0.319 e. The molecule has 0 aromatic heterocycles. The molecule has 0 amide bonds. The van der Waals surface area contributed by atoms with E-state index in [9.17, 15) is 4.79 Å². The molecule has 1 aliphatic rings. The molecule has 0 aromatic carbocycles. The van der Waals surface area contributed by atoms with Gasteiger partial charge in [-0.3, -0.25) is 9.69 Å². The second kappa shape index (κ2) is 9.35. The third-order valence-electron chi connectivity index (χ3n) is 2.75. The van der Waals surface area contributed by atoms with Crippen molar-refractivity contribution in [1.82, 2.24) is 20.9 Å². The van der Waals surface area contributed by atoms with E-state index in [2.05, 4.69) is 20.9 Å². The number of rotatable bonds is 2. The average molecular weight is 244 g/mol. The quantitative estimate of drug-likeness (QED) is 0.500. The first-order valence-corrected chi connectivity index (χ1v) is 6.24. The molecular weight excluding hydrogens is 220 g/mol. The standard InChI is InChI=1S/C11H24N4O2/c1-17-11(16)10-15-8-6-13-4-2-12-3-5-14-7-9-15/h12-14H,2-10H2,1H3. The number of nitrogens with one attached hydrogen (secondary N) is 3. The van der Waals surface area contributed by atoms with Crippen molar-refractivity contribution < 1.29 is 9.53 Å². The number of carbonyl (C=O) groups is 1. The molecule has 6 heteroatoms. The largest absolute Gasteiger partial charge is 0.468 e. The Bertz CT molecular complexity index is 202. The first-order chi connectivity index (χ1) is 8.33. The van der Waals surface area contributed by atoms with Crippen LogP contribution in [-0.4, -0.2) is 76.9 Å². The predicted octanol–water partition coefficient (Wildman–Crippen LogP) is -1.76. The fraction of sp³-hybridized carbons (Fsp3) is 0.909. The molecule has 1 aliphatic heterocycles. The highest BCUT2D eigenvalue weighted by atomic mass is 16.5. The van der Waals surface area contributed by atoms with Gasteiger partial charge >= 0.3 is 5.97 Å². The van der Waals surface area contributed by atoms with Gasteiger partial charge in [0.1, 0.15) is 0 Å². The van der Waals surface area contributed by atoms with Crippen LogP contribution in [0.25, 0.3) is 0 Å². The lowest BCUT2D eigenvalue weighted by atomic mass is 10.4. The summed E-state index contributed by atoms with van der Waals surface area (Å²) in [5.74, 6) is -0.168. The van der Waals surface area contributed by atoms with Crippen LogP contribution in [-0.2, 0) is 9.53 Å². The number of carbonyl (C=O) groups excluding carboxylic acids is 1. The fourth-order valence-corrected chi connectivity index (χ4v) is 1.72. The maximum atomic E-state index is 11.2. The molecule has 0 aromatic rings. The Morgan fingerprint density at radius 3 is 1.94 bits per heavy atom. The molecule has 0 atom stereocenters. The Balaban J connectivity index is 2.29. The van der Waals surface area contributed by atoms with Crippen LogP contribution in [0.5, 0.6) is 0 Å². The Hall–Kier alpha value is -0.690. The molecule has 0 unspecified atom stereocenters. The highest BCUT2D eigenvalue weighted by molar-refractivity contribution is 5.71. The van der Waals surface area contributed by atoms with Gasteiger partial charge < -0.3 is 20.7 Å². The first-order valence-electron chi connectivity index (χ1n) is 6.24. The van der Waals surface area contributed by atoms with E-state index in [0.29, 0.717) is 6.54 Å². The van der Waals surface area contributed by atoms with E-state index in [1.54, 1.807) is 0 Å². The third-order valence-corrected chi connectivity index (χ3v) is 2.75. The van der Waals surface area contributed by atoms with Gasteiger partial charge in [0.05, 0.1) is 13.7 Å². The maximum absolute atomic E-state index is 11.2. The number of methoxy groups -OCH3 is 1. The van der Waals surface area contributed by atoms with Crippen LogP contribution in [0.2, 0.25) is 0 Å². The number of esters is 1. The second-order valence-corrected chi connectivity index (χ2v) is 4.10. The van der Waals surface area contributed by atoms with Gasteiger partial charge in [-0.15, -0.1) is 0 Å². The lowest BCUT2D eigenvalue weighted by Crippen LogP contribution is -2.43. The average Bonchev–Trinajstić information content (AvgIpc) is 2.32. The predicted molar refractivity (Wildman–Crippen MR) is 67.1 cm³/mol. The van der Waals surface area contributed by atoms with Gasteiger partial charge in [0.15, 0.2) is 0 Å². The van der Waals surface area contributed by atoms with Crippen molar-refractivity contribution >= 4 is 5.97 Å². The highest BCUT2D eigenvalue weighted by Crippen LogP contribution is 1.88. The minimum atomic E-state index is -0.168. The van der Waals surface area contributed by atoms with Crippen molar-refractivity contribution in [2.24, 2.45) is 0 Å². The van der Waals surface area contributed by atoms with Gasteiger partial charge in [-0.2, -0.15) is 0 Å². The van der Waals surface area contributed by atoms with Gasteiger partial charge in [0, 0.05) is 52.4 Å². The van der Waals surface area contributed by atoms with Crippen LogP contribution in [0.3, 0.4) is 0 Å². The van der Waals surface area contributed by atoms with Crippen LogP contribution >= 0.6 is 0 Å². The van der Waals surface area contributed by atoms with E-state index in [0.717, 1.165) is 52.4 Å². The molecule has 6 nitrogen and oxygen atoms in total. The molecule has 0 bridgehead atoms. The topological polar surface area (TPSA) is 65.6 Å². The molecule has 1 saturated heterocycles. The van der Waals surface area contributed by atoms with Crippen molar-refractivity contribution in [3.05, 3.63) is 0 Å². The SMILES string of the molecule is COC(=O)CN1CCNCCNCCNCC1. The minimum absolute atomic E-state index is 0.168. The molecule has 0 aliphatic carbocycles. The van der Waals surface area contributed by atoms with Crippen molar-refractivity contribution in [1.29, 1.82) is 0 Å². The molecule has 0 spiro atoms. The third kappa shape index (κ3) is 7.27. The summed E-state index contributed by atoms with van der Waals surface area (Å²) in [7, 11) is 1.43. The van der Waals surface area contributed by atoms with E-state index < -0.39 is 0 Å². The molecular formula is C11H24N4O2. The molecule has 1 fully saturated rings. The van der Waals surface area contributed by atoms with Gasteiger partial charge in [-0.1, -0.05) is 0 Å². The van der Waals surface area contributed by atoms with Crippen LogP contribution in [0.1, 0.15) is 0 Å². The first kappa shape index (κ1) is 14.4. The van der Waals surface area contributed by atoms with E-state index in [1.165, 1.54) is 7.11 Å². The molecule has 0 saturated carbocycles. The van der Waals surface area contributed by atoms with E-state index in [1.807, 2.05) is 0 Å². The fourth-order valence-electron chi connectivity index (χ4n) is 1.72. The summed E-state index contributed by atoms with van der Waals surface area (Å²) in [5.41, 5.74) is 0. The Morgan fingerprint density at radius 1 is 1.00 bits per heavy atom. The zero-order chi connectivity index (χ0) is 12.3. The number of nitrogens with zero attached hydrogens (tertiary/aromatic N) is 1. The van der Waals surface area contributed by atoms with E-state index in [4.69, 9.17) is 4.74 Å².